The first-order valence-electron chi connectivity index (χ1n) is 7.57. The summed E-state index contributed by atoms with van der Waals surface area (Å²) in [5, 5.41) is 5.51. The Kier molecular flexibility index (Phi) is 4.52. The third-order valence-corrected chi connectivity index (χ3v) is 3.67. The maximum Gasteiger partial charge on any atom is 0.319 e. The van der Waals surface area contributed by atoms with Crippen LogP contribution in [0.15, 0.2) is 48.7 Å². The molecule has 0 atom stereocenters. The monoisotopic (exact) mass is 310 g/mol. The average molecular weight is 310 g/mol. The fourth-order valence-corrected chi connectivity index (χ4v) is 2.49. The van der Waals surface area contributed by atoms with Gasteiger partial charge < -0.3 is 15.5 Å². The van der Waals surface area contributed by atoms with Crippen LogP contribution in [0.4, 0.5) is 16.2 Å². The lowest BCUT2D eigenvalue weighted by Crippen LogP contribution is -2.28. The van der Waals surface area contributed by atoms with Crippen molar-refractivity contribution in [1.29, 1.82) is 0 Å². The molecule has 0 spiro atoms. The highest BCUT2D eigenvalue weighted by atomic mass is 16.2. The van der Waals surface area contributed by atoms with Crippen molar-refractivity contribution in [2.45, 2.75) is 19.4 Å². The van der Waals surface area contributed by atoms with Crippen LogP contribution in [0.3, 0.4) is 0 Å². The second kappa shape index (κ2) is 6.91. The summed E-state index contributed by atoms with van der Waals surface area (Å²) in [6, 6.07) is 12.5. The van der Waals surface area contributed by atoms with Crippen LogP contribution in [0.5, 0.6) is 0 Å². The third kappa shape index (κ3) is 3.85. The van der Waals surface area contributed by atoms with E-state index in [2.05, 4.69) is 15.6 Å². The Morgan fingerprint density at radius 1 is 1.17 bits per heavy atom. The summed E-state index contributed by atoms with van der Waals surface area (Å²) in [6.07, 6.45) is 3.19. The molecule has 1 aliphatic heterocycles. The van der Waals surface area contributed by atoms with E-state index >= 15 is 0 Å². The highest BCUT2D eigenvalue weighted by Gasteiger charge is 2.21. The predicted octanol–water partition coefficient (Wildman–Crippen LogP) is 2.53. The van der Waals surface area contributed by atoms with E-state index in [1.807, 2.05) is 30.3 Å². The summed E-state index contributed by atoms with van der Waals surface area (Å²) in [4.78, 5) is 29.5. The van der Waals surface area contributed by atoms with Crippen molar-refractivity contribution >= 4 is 23.3 Å². The number of rotatable bonds is 4. The van der Waals surface area contributed by atoms with E-state index in [1.54, 1.807) is 23.2 Å². The van der Waals surface area contributed by atoms with E-state index in [1.165, 1.54) is 0 Å². The van der Waals surface area contributed by atoms with Crippen molar-refractivity contribution in [2.75, 3.05) is 16.8 Å². The molecule has 0 radical (unpaired) electrons. The summed E-state index contributed by atoms with van der Waals surface area (Å²) in [5.74, 6) is 0.152. The molecule has 0 unspecified atom stereocenters. The lowest BCUT2D eigenvalue weighted by molar-refractivity contribution is -0.117. The first-order chi connectivity index (χ1) is 11.2. The zero-order chi connectivity index (χ0) is 16.1. The van der Waals surface area contributed by atoms with E-state index < -0.39 is 0 Å². The van der Waals surface area contributed by atoms with Crippen LogP contribution in [0.1, 0.15) is 18.5 Å². The number of carbonyl (C=O) groups excluding carboxylic acids is 2. The molecule has 1 aliphatic rings. The smallest absolute Gasteiger partial charge is 0.319 e. The van der Waals surface area contributed by atoms with Gasteiger partial charge >= 0.3 is 6.03 Å². The normalized spacial score (nSPS) is 13.9. The number of hydrogen-bond donors (Lipinski definition) is 2. The highest BCUT2D eigenvalue weighted by Crippen LogP contribution is 2.22. The zero-order valence-electron chi connectivity index (χ0n) is 12.7. The van der Waals surface area contributed by atoms with Crippen LogP contribution in [-0.4, -0.2) is 23.5 Å². The van der Waals surface area contributed by atoms with Crippen LogP contribution >= 0.6 is 0 Å². The standard InChI is InChI=1S/C17H18N4O2/c22-16-5-3-11-21(16)15-8-6-13(7-9-15)20-17(23)19-12-14-4-1-2-10-18-14/h1-2,4,6-10H,3,5,11-12H2,(H2,19,20,23). The Morgan fingerprint density at radius 3 is 2.65 bits per heavy atom. The van der Waals surface area contributed by atoms with Crippen molar-refractivity contribution in [2.24, 2.45) is 0 Å². The van der Waals surface area contributed by atoms with Gasteiger partial charge in [0.25, 0.3) is 0 Å². The molecular weight excluding hydrogens is 292 g/mol. The number of anilines is 2. The van der Waals surface area contributed by atoms with E-state index in [-0.39, 0.29) is 11.9 Å². The largest absolute Gasteiger partial charge is 0.332 e. The molecule has 0 aliphatic carbocycles. The van der Waals surface area contributed by atoms with Crippen LogP contribution in [-0.2, 0) is 11.3 Å². The number of hydrogen-bond acceptors (Lipinski definition) is 3. The molecule has 2 aromatic rings. The number of carbonyl (C=O) groups is 2. The summed E-state index contributed by atoms with van der Waals surface area (Å²) >= 11 is 0. The second-order valence-corrected chi connectivity index (χ2v) is 5.32. The molecule has 6 heteroatoms. The number of benzene rings is 1. The molecule has 1 aromatic carbocycles. The van der Waals surface area contributed by atoms with E-state index in [4.69, 9.17) is 0 Å². The third-order valence-electron chi connectivity index (χ3n) is 3.67. The molecule has 0 bridgehead atoms. The van der Waals surface area contributed by atoms with Crippen molar-refractivity contribution in [3.8, 4) is 0 Å². The van der Waals surface area contributed by atoms with Gasteiger partial charge in [-0.1, -0.05) is 6.07 Å². The Morgan fingerprint density at radius 2 is 2.00 bits per heavy atom. The van der Waals surface area contributed by atoms with Gasteiger partial charge in [-0.05, 0) is 42.8 Å². The van der Waals surface area contributed by atoms with Crippen molar-refractivity contribution in [3.05, 3.63) is 54.4 Å². The second-order valence-electron chi connectivity index (χ2n) is 5.32. The summed E-state index contributed by atoms with van der Waals surface area (Å²) in [6.45, 7) is 1.13. The van der Waals surface area contributed by atoms with Crippen LogP contribution in [0.25, 0.3) is 0 Å². The first kappa shape index (κ1) is 15.0. The van der Waals surface area contributed by atoms with E-state index in [9.17, 15) is 9.59 Å². The van der Waals surface area contributed by atoms with Crippen LogP contribution in [0.2, 0.25) is 0 Å². The zero-order valence-corrected chi connectivity index (χ0v) is 12.7. The van der Waals surface area contributed by atoms with Gasteiger partial charge in [-0.3, -0.25) is 9.78 Å². The lowest BCUT2D eigenvalue weighted by Gasteiger charge is -2.16. The van der Waals surface area contributed by atoms with Crippen molar-refractivity contribution in [1.82, 2.24) is 10.3 Å². The summed E-state index contributed by atoms with van der Waals surface area (Å²) < 4.78 is 0. The van der Waals surface area contributed by atoms with Gasteiger partial charge in [0.1, 0.15) is 0 Å². The minimum Gasteiger partial charge on any atom is -0.332 e. The minimum atomic E-state index is -0.291. The van der Waals surface area contributed by atoms with Crippen molar-refractivity contribution < 1.29 is 9.59 Å². The quantitative estimate of drug-likeness (QED) is 0.911. The predicted molar refractivity (Wildman–Crippen MR) is 88.1 cm³/mol. The topological polar surface area (TPSA) is 74.3 Å². The Labute approximate surface area is 134 Å². The number of nitrogens with one attached hydrogen (secondary N) is 2. The van der Waals surface area contributed by atoms with E-state index in [0.29, 0.717) is 18.7 Å². The van der Waals surface area contributed by atoms with Crippen LogP contribution in [0, 0.1) is 0 Å². The number of pyridine rings is 1. The Bertz CT molecular complexity index is 685. The molecule has 1 fully saturated rings. The number of nitrogens with zero attached hydrogens (tertiary/aromatic N) is 2. The molecule has 3 amide bonds. The van der Waals surface area contributed by atoms with Gasteiger partial charge in [-0.25, -0.2) is 4.79 Å². The molecule has 118 valence electrons. The maximum absolute atomic E-state index is 11.9. The van der Waals surface area contributed by atoms with Gasteiger partial charge in [-0.15, -0.1) is 0 Å². The summed E-state index contributed by atoms with van der Waals surface area (Å²) in [5.41, 5.74) is 2.34. The SMILES string of the molecule is O=C(NCc1ccccn1)Nc1ccc(N2CCCC2=O)cc1. The average Bonchev–Trinajstić information content (AvgIpc) is 3.01. The van der Waals surface area contributed by atoms with Gasteiger partial charge in [0, 0.05) is 30.5 Å². The molecular formula is C17H18N4O2. The molecule has 2 N–H and O–H groups in total. The molecule has 2 heterocycles. The maximum atomic E-state index is 11.9. The first-order valence-corrected chi connectivity index (χ1v) is 7.57. The fraction of sp³-hybridized carbons (Fsp3) is 0.235. The van der Waals surface area contributed by atoms with Gasteiger partial charge in [-0.2, -0.15) is 0 Å². The van der Waals surface area contributed by atoms with Crippen LogP contribution < -0.4 is 15.5 Å². The van der Waals surface area contributed by atoms with Gasteiger partial charge in [0.05, 0.1) is 12.2 Å². The molecule has 6 nitrogen and oxygen atoms in total. The van der Waals surface area contributed by atoms with Crippen molar-refractivity contribution in [3.63, 3.8) is 0 Å². The lowest BCUT2D eigenvalue weighted by atomic mass is 10.2. The van der Waals surface area contributed by atoms with E-state index in [0.717, 1.165) is 24.3 Å². The molecule has 0 saturated carbocycles. The molecule has 1 saturated heterocycles. The highest BCUT2D eigenvalue weighted by molar-refractivity contribution is 5.96. The molecule has 1 aromatic heterocycles. The fourth-order valence-electron chi connectivity index (χ4n) is 2.49. The number of urea groups is 1. The molecule has 3 rings (SSSR count). The number of aromatic nitrogens is 1. The van der Waals surface area contributed by atoms with Gasteiger partial charge in [0.2, 0.25) is 5.91 Å². The molecule has 23 heavy (non-hydrogen) atoms. The van der Waals surface area contributed by atoms with Gasteiger partial charge in [0.15, 0.2) is 0 Å². The Balaban J connectivity index is 1.53. The summed E-state index contributed by atoms with van der Waals surface area (Å²) in [7, 11) is 0. The minimum absolute atomic E-state index is 0.152. The Hall–Kier alpha value is -2.89. The number of amides is 3.